The van der Waals surface area contributed by atoms with Crippen LogP contribution in [0.5, 0.6) is 5.75 Å². The molecule has 2 unspecified atom stereocenters. The van der Waals surface area contributed by atoms with Gasteiger partial charge in [0.15, 0.2) is 0 Å². The number of hydrogen-bond donors (Lipinski definition) is 0. The average Bonchev–Trinajstić information content (AvgIpc) is 3.04. The van der Waals surface area contributed by atoms with Gasteiger partial charge in [0.2, 0.25) is 11.8 Å². The van der Waals surface area contributed by atoms with Gasteiger partial charge in [-0.25, -0.2) is 0 Å². The molecule has 1 aromatic heterocycles. The van der Waals surface area contributed by atoms with Gasteiger partial charge >= 0.3 is 0 Å². The number of benzene rings is 1. The Balaban J connectivity index is 1.74. The van der Waals surface area contributed by atoms with Crippen molar-refractivity contribution in [3.63, 3.8) is 0 Å². The molecule has 2 heterocycles. The standard InChI is InChI=1S/C16H21N3O3/c1-11-10-19(8-9-21-11)12(2)15-17-18-16(22-15)13-4-6-14(20-3)7-5-13/h4-7,11-12H,8-10H2,1-3H3. The first-order valence-corrected chi connectivity index (χ1v) is 7.51. The maximum Gasteiger partial charge on any atom is 0.247 e. The van der Waals surface area contributed by atoms with Crippen molar-refractivity contribution in [2.75, 3.05) is 26.8 Å². The molecule has 118 valence electrons. The summed E-state index contributed by atoms with van der Waals surface area (Å²) in [6.07, 6.45) is 0.236. The van der Waals surface area contributed by atoms with E-state index in [9.17, 15) is 0 Å². The van der Waals surface area contributed by atoms with E-state index in [0.717, 1.165) is 31.0 Å². The fraction of sp³-hybridized carbons (Fsp3) is 0.500. The molecule has 0 amide bonds. The van der Waals surface area contributed by atoms with Gasteiger partial charge in [-0.15, -0.1) is 10.2 Å². The largest absolute Gasteiger partial charge is 0.497 e. The van der Waals surface area contributed by atoms with Crippen LogP contribution in [0.4, 0.5) is 0 Å². The molecule has 0 N–H and O–H groups in total. The first kappa shape index (κ1) is 15.0. The molecule has 22 heavy (non-hydrogen) atoms. The van der Waals surface area contributed by atoms with E-state index in [4.69, 9.17) is 13.9 Å². The summed E-state index contributed by atoms with van der Waals surface area (Å²) in [6.45, 7) is 6.66. The predicted molar refractivity (Wildman–Crippen MR) is 81.7 cm³/mol. The van der Waals surface area contributed by atoms with E-state index in [1.54, 1.807) is 7.11 Å². The predicted octanol–water partition coefficient (Wildman–Crippen LogP) is 2.53. The van der Waals surface area contributed by atoms with Crippen LogP contribution in [0.3, 0.4) is 0 Å². The number of aromatic nitrogens is 2. The Morgan fingerprint density at radius 2 is 2.05 bits per heavy atom. The second-order valence-corrected chi connectivity index (χ2v) is 5.53. The molecule has 6 heteroatoms. The van der Waals surface area contributed by atoms with Crippen molar-refractivity contribution in [3.8, 4) is 17.2 Å². The molecule has 1 saturated heterocycles. The van der Waals surface area contributed by atoms with Crippen molar-refractivity contribution < 1.29 is 13.9 Å². The van der Waals surface area contributed by atoms with Crippen molar-refractivity contribution in [2.24, 2.45) is 0 Å². The lowest BCUT2D eigenvalue weighted by molar-refractivity contribution is -0.0354. The lowest BCUT2D eigenvalue weighted by atomic mass is 10.2. The molecule has 0 saturated carbocycles. The Morgan fingerprint density at radius 3 is 2.73 bits per heavy atom. The van der Waals surface area contributed by atoms with Crippen LogP contribution < -0.4 is 4.74 Å². The maximum atomic E-state index is 5.85. The van der Waals surface area contributed by atoms with Crippen LogP contribution in [-0.4, -0.2) is 48.0 Å². The lowest BCUT2D eigenvalue weighted by Crippen LogP contribution is -2.42. The molecule has 3 rings (SSSR count). The van der Waals surface area contributed by atoms with E-state index in [1.165, 1.54) is 0 Å². The van der Waals surface area contributed by atoms with Crippen LogP contribution in [0.2, 0.25) is 0 Å². The van der Waals surface area contributed by atoms with Crippen LogP contribution in [-0.2, 0) is 4.74 Å². The van der Waals surface area contributed by atoms with Gasteiger partial charge in [0.25, 0.3) is 0 Å². The van der Waals surface area contributed by atoms with Gasteiger partial charge in [-0.1, -0.05) is 0 Å². The number of methoxy groups -OCH3 is 1. The van der Waals surface area contributed by atoms with Gasteiger partial charge in [-0.05, 0) is 38.1 Å². The van der Waals surface area contributed by atoms with Crippen molar-refractivity contribution >= 4 is 0 Å². The van der Waals surface area contributed by atoms with Crippen molar-refractivity contribution in [1.29, 1.82) is 0 Å². The van der Waals surface area contributed by atoms with Crippen molar-refractivity contribution in [2.45, 2.75) is 26.0 Å². The number of rotatable bonds is 4. The summed E-state index contributed by atoms with van der Waals surface area (Å²) in [6, 6.07) is 7.68. The minimum absolute atomic E-state index is 0.0887. The second kappa shape index (κ2) is 6.46. The molecule has 0 bridgehead atoms. The van der Waals surface area contributed by atoms with Crippen LogP contribution in [0.15, 0.2) is 28.7 Å². The molecule has 2 atom stereocenters. The zero-order chi connectivity index (χ0) is 15.5. The van der Waals surface area contributed by atoms with Crippen LogP contribution in [0, 0.1) is 0 Å². The number of morpholine rings is 1. The Kier molecular flexibility index (Phi) is 4.40. The molecule has 1 aliphatic heterocycles. The van der Waals surface area contributed by atoms with E-state index < -0.39 is 0 Å². The smallest absolute Gasteiger partial charge is 0.247 e. The lowest BCUT2D eigenvalue weighted by Gasteiger charge is -2.33. The Morgan fingerprint density at radius 1 is 1.27 bits per heavy atom. The molecule has 1 aliphatic rings. The molecule has 6 nitrogen and oxygen atoms in total. The highest BCUT2D eigenvalue weighted by atomic mass is 16.5. The van der Waals surface area contributed by atoms with E-state index in [0.29, 0.717) is 11.8 Å². The number of hydrogen-bond acceptors (Lipinski definition) is 6. The number of ether oxygens (including phenoxy) is 2. The summed E-state index contributed by atoms with van der Waals surface area (Å²) in [7, 11) is 1.64. The normalized spacial score (nSPS) is 20.8. The van der Waals surface area contributed by atoms with E-state index >= 15 is 0 Å². The Bertz CT molecular complexity index is 611. The third kappa shape index (κ3) is 3.13. The van der Waals surface area contributed by atoms with E-state index in [1.807, 2.05) is 24.3 Å². The SMILES string of the molecule is COc1ccc(-c2nnc(C(C)N3CCOC(C)C3)o2)cc1. The van der Waals surface area contributed by atoms with E-state index in [2.05, 4.69) is 28.9 Å². The van der Waals surface area contributed by atoms with Gasteiger partial charge in [-0.3, -0.25) is 4.90 Å². The summed E-state index contributed by atoms with van der Waals surface area (Å²) in [5, 5.41) is 8.37. The first-order valence-electron chi connectivity index (χ1n) is 7.51. The zero-order valence-electron chi connectivity index (χ0n) is 13.2. The first-order chi connectivity index (χ1) is 10.7. The van der Waals surface area contributed by atoms with Gasteiger partial charge < -0.3 is 13.9 Å². The van der Waals surface area contributed by atoms with Gasteiger partial charge in [0.1, 0.15) is 5.75 Å². The fourth-order valence-corrected chi connectivity index (χ4v) is 2.61. The molecular formula is C16H21N3O3. The highest BCUT2D eigenvalue weighted by molar-refractivity contribution is 5.53. The minimum atomic E-state index is 0.0887. The Hall–Kier alpha value is -1.92. The number of nitrogens with zero attached hydrogens (tertiary/aromatic N) is 3. The Labute approximate surface area is 130 Å². The van der Waals surface area contributed by atoms with Crippen LogP contribution in [0.1, 0.15) is 25.8 Å². The molecule has 0 spiro atoms. The minimum Gasteiger partial charge on any atom is -0.497 e. The third-order valence-electron chi connectivity index (χ3n) is 3.96. The molecule has 0 aliphatic carbocycles. The average molecular weight is 303 g/mol. The quantitative estimate of drug-likeness (QED) is 0.865. The van der Waals surface area contributed by atoms with Gasteiger partial charge in [-0.2, -0.15) is 0 Å². The highest BCUT2D eigenvalue weighted by Gasteiger charge is 2.26. The summed E-state index contributed by atoms with van der Waals surface area (Å²) in [4.78, 5) is 2.31. The second-order valence-electron chi connectivity index (χ2n) is 5.53. The summed E-state index contributed by atoms with van der Waals surface area (Å²) in [5.41, 5.74) is 0.891. The molecular weight excluding hydrogens is 282 g/mol. The van der Waals surface area contributed by atoms with E-state index in [-0.39, 0.29) is 12.1 Å². The summed E-state index contributed by atoms with van der Waals surface area (Å²) < 4.78 is 16.6. The summed E-state index contributed by atoms with van der Waals surface area (Å²) in [5.74, 6) is 1.98. The fourth-order valence-electron chi connectivity index (χ4n) is 2.61. The summed E-state index contributed by atoms with van der Waals surface area (Å²) >= 11 is 0. The topological polar surface area (TPSA) is 60.6 Å². The van der Waals surface area contributed by atoms with Crippen LogP contribution in [0.25, 0.3) is 11.5 Å². The van der Waals surface area contributed by atoms with Gasteiger partial charge in [0.05, 0.1) is 25.9 Å². The van der Waals surface area contributed by atoms with Crippen LogP contribution >= 0.6 is 0 Å². The van der Waals surface area contributed by atoms with Crippen molar-refractivity contribution in [3.05, 3.63) is 30.2 Å². The van der Waals surface area contributed by atoms with Gasteiger partial charge in [0, 0.05) is 18.7 Å². The molecule has 1 aromatic carbocycles. The highest BCUT2D eigenvalue weighted by Crippen LogP contribution is 2.26. The molecule has 0 radical (unpaired) electrons. The monoisotopic (exact) mass is 303 g/mol. The maximum absolute atomic E-state index is 5.85. The third-order valence-corrected chi connectivity index (χ3v) is 3.96. The van der Waals surface area contributed by atoms with Crippen molar-refractivity contribution in [1.82, 2.24) is 15.1 Å². The zero-order valence-corrected chi connectivity index (χ0v) is 13.2. The molecule has 2 aromatic rings. The molecule has 1 fully saturated rings.